The van der Waals surface area contributed by atoms with Crippen molar-refractivity contribution in [2.75, 3.05) is 33.7 Å². The van der Waals surface area contributed by atoms with Gasteiger partial charge in [-0.05, 0) is 39.1 Å². The van der Waals surface area contributed by atoms with Crippen molar-refractivity contribution in [1.82, 2.24) is 14.7 Å². The van der Waals surface area contributed by atoms with Crippen LogP contribution in [0.2, 0.25) is 0 Å². The zero-order chi connectivity index (χ0) is 17.4. The van der Waals surface area contributed by atoms with Crippen molar-refractivity contribution in [3.05, 3.63) is 35.4 Å². The Morgan fingerprint density at radius 2 is 1.83 bits per heavy atom. The second kappa shape index (κ2) is 6.47. The fourth-order valence-electron chi connectivity index (χ4n) is 3.19. The van der Waals surface area contributed by atoms with Crippen molar-refractivity contribution in [2.24, 2.45) is 0 Å². The molecule has 2 aliphatic rings. The van der Waals surface area contributed by atoms with Gasteiger partial charge in [0.15, 0.2) is 0 Å². The molecule has 5 nitrogen and oxygen atoms in total. The van der Waals surface area contributed by atoms with Crippen LogP contribution >= 0.6 is 0 Å². The fourth-order valence-corrected chi connectivity index (χ4v) is 3.19. The molecule has 1 aromatic carbocycles. The molecule has 3 rings (SSSR count). The molecule has 1 aromatic rings. The molecule has 24 heavy (non-hydrogen) atoms. The maximum absolute atomic E-state index is 14.1. The molecule has 0 N–H and O–H groups in total. The molecule has 1 saturated heterocycles. The van der Waals surface area contributed by atoms with E-state index < -0.39 is 23.6 Å². The van der Waals surface area contributed by atoms with Crippen molar-refractivity contribution in [3.8, 4) is 0 Å². The van der Waals surface area contributed by atoms with E-state index in [-0.39, 0.29) is 18.0 Å². The van der Waals surface area contributed by atoms with Crippen LogP contribution in [0.5, 0.6) is 0 Å². The largest absolute Gasteiger partial charge is 0.336 e. The van der Waals surface area contributed by atoms with E-state index in [0.717, 1.165) is 25.0 Å². The van der Waals surface area contributed by atoms with Gasteiger partial charge in [0.1, 0.15) is 17.7 Å². The fraction of sp³-hybridized carbons (Fsp3) is 0.529. The lowest BCUT2D eigenvalue weighted by Crippen LogP contribution is -2.55. The van der Waals surface area contributed by atoms with E-state index in [1.807, 2.05) is 0 Å². The minimum Gasteiger partial charge on any atom is -0.336 e. The molecule has 1 unspecified atom stereocenters. The van der Waals surface area contributed by atoms with Crippen LogP contribution in [0.25, 0.3) is 0 Å². The zero-order valence-corrected chi connectivity index (χ0v) is 13.8. The summed E-state index contributed by atoms with van der Waals surface area (Å²) in [6.45, 7) is 0.840. The summed E-state index contributed by atoms with van der Waals surface area (Å²) in [4.78, 5) is 29.8. The third-order valence-electron chi connectivity index (χ3n) is 4.58. The number of hydrogen-bond donors (Lipinski definition) is 0. The lowest BCUT2D eigenvalue weighted by atomic mass is 10.0. The van der Waals surface area contributed by atoms with E-state index in [2.05, 4.69) is 0 Å². The van der Waals surface area contributed by atoms with Gasteiger partial charge in [-0.3, -0.25) is 14.5 Å². The van der Waals surface area contributed by atoms with Gasteiger partial charge in [-0.25, -0.2) is 8.78 Å². The van der Waals surface area contributed by atoms with E-state index in [0.29, 0.717) is 19.1 Å². The number of rotatable bonds is 4. The standard InChI is InChI=1S/C17H21F2N3O2/c1-20(2)16(15-12(18)4-3-5-13(15)19)17(24)21-8-9-22(11-6-7-11)14(23)10-21/h3-5,11,16H,6-10H2,1-2H3. The Kier molecular flexibility index (Phi) is 4.54. The average molecular weight is 337 g/mol. The number of halogens is 2. The van der Waals surface area contributed by atoms with Crippen LogP contribution in [0, 0.1) is 11.6 Å². The number of carbonyl (C=O) groups is 2. The van der Waals surface area contributed by atoms with Crippen LogP contribution in [0.4, 0.5) is 8.78 Å². The lowest BCUT2D eigenvalue weighted by molar-refractivity contribution is -0.148. The molecule has 0 spiro atoms. The quantitative estimate of drug-likeness (QED) is 0.834. The zero-order valence-electron chi connectivity index (χ0n) is 13.8. The van der Waals surface area contributed by atoms with Crippen LogP contribution in [0.15, 0.2) is 18.2 Å². The van der Waals surface area contributed by atoms with Crippen LogP contribution in [0.3, 0.4) is 0 Å². The maximum Gasteiger partial charge on any atom is 0.245 e. The Balaban J connectivity index is 1.82. The molecule has 1 aliphatic heterocycles. The van der Waals surface area contributed by atoms with Gasteiger partial charge >= 0.3 is 0 Å². The van der Waals surface area contributed by atoms with Gasteiger partial charge in [-0.15, -0.1) is 0 Å². The molecule has 2 amide bonds. The highest BCUT2D eigenvalue weighted by atomic mass is 19.1. The van der Waals surface area contributed by atoms with E-state index >= 15 is 0 Å². The highest BCUT2D eigenvalue weighted by Gasteiger charge is 2.39. The van der Waals surface area contributed by atoms with Crippen LogP contribution in [-0.2, 0) is 9.59 Å². The third kappa shape index (κ3) is 3.13. The second-order valence-corrected chi connectivity index (χ2v) is 6.58. The van der Waals surface area contributed by atoms with Crippen LogP contribution in [-0.4, -0.2) is 66.3 Å². The summed E-state index contributed by atoms with van der Waals surface area (Å²) in [6.07, 6.45) is 2.03. The number of piperazine rings is 1. The van der Waals surface area contributed by atoms with Gasteiger partial charge in [0, 0.05) is 19.1 Å². The first-order valence-electron chi connectivity index (χ1n) is 8.08. The predicted octanol–water partition coefficient (Wildman–Crippen LogP) is 1.40. The summed E-state index contributed by atoms with van der Waals surface area (Å²) in [5.74, 6) is -2.06. The second-order valence-electron chi connectivity index (χ2n) is 6.58. The number of hydrogen-bond acceptors (Lipinski definition) is 3. The summed E-state index contributed by atoms with van der Waals surface area (Å²) in [5.41, 5.74) is -0.274. The minimum atomic E-state index is -1.09. The molecular weight excluding hydrogens is 316 g/mol. The van der Waals surface area contributed by atoms with Gasteiger partial charge in [0.05, 0.1) is 12.1 Å². The Bertz CT molecular complexity index is 641. The molecule has 1 atom stereocenters. The topological polar surface area (TPSA) is 43.9 Å². The Labute approximate surface area is 139 Å². The summed E-state index contributed by atoms with van der Waals surface area (Å²) >= 11 is 0. The minimum absolute atomic E-state index is 0.0320. The Morgan fingerprint density at radius 1 is 1.21 bits per heavy atom. The van der Waals surface area contributed by atoms with Gasteiger partial charge in [-0.1, -0.05) is 6.07 Å². The molecule has 0 aromatic heterocycles. The molecule has 0 bridgehead atoms. The molecule has 0 radical (unpaired) electrons. The molecule has 1 heterocycles. The summed E-state index contributed by atoms with van der Waals surface area (Å²) in [5, 5.41) is 0. The molecule has 130 valence electrons. The van der Waals surface area contributed by atoms with Crippen molar-refractivity contribution in [1.29, 1.82) is 0 Å². The van der Waals surface area contributed by atoms with E-state index in [4.69, 9.17) is 0 Å². The predicted molar refractivity (Wildman–Crippen MR) is 84.1 cm³/mol. The monoisotopic (exact) mass is 337 g/mol. The normalized spacial score (nSPS) is 19.8. The molecular formula is C17H21F2N3O2. The van der Waals surface area contributed by atoms with E-state index in [9.17, 15) is 18.4 Å². The first-order chi connectivity index (χ1) is 11.4. The van der Waals surface area contributed by atoms with Gasteiger partial charge in [0.25, 0.3) is 0 Å². The Hall–Kier alpha value is -2.02. The highest BCUT2D eigenvalue weighted by Crippen LogP contribution is 2.30. The number of nitrogens with zero attached hydrogens (tertiary/aromatic N) is 3. The summed E-state index contributed by atoms with van der Waals surface area (Å²) < 4.78 is 28.3. The number of likely N-dealkylation sites (N-methyl/N-ethyl adjacent to an activating group) is 1. The number of amides is 2. The first-order valence-corrected chi connectivity index (χ1v) is 8.08. The third-order valence-corrected chi connectivity index (χ3v) is 4.58. The average Bonchev–Trinajstić information content (AvgIpc) is 3.34. The van der Waals surface area contributed by atoms with Gasteiger partial charge in [-0.2, -0.15) is 0 Å². The van der Waals surface area contributed by atoms with Gasteiger partial charge in [0.2, 0.25) is 11.8 Å². The summed E-state index contributed by atoms with van der Waals surface area (Å²) in [6, 6.07) is 2.76. The molecule has 7 heteroatoms. The summed E-state index contributed by atoms with van der Waals surface area (Å²) in [7, 11) is 3.19. The molecule has 2 fully saturated rings. The first kappa shape index (κ1) is 16.8. The van der Waals surface area contributed by atoms with Crippen molar-refractivity contribution < 1.29 is 18.4 Å². The van der Waals surface area contributed by atoms with Crippen molar-refractivity contribution in [3.63, 3.8) is 0 Å². The number of benzene rings is 1. The van der Waals surface area contributed by atoms with E-state index in [1.54, 1.807) is 19.0 Å². The Morgan fingerprint density at radius 3 is 2.33 bits per heavy atom. The van der Waals surface area contributed by atoms with Crippen molar-refractivity contribution >= 4 is 11.8 Å². The lowest BCUT2D eigenvalue weighted by Gasteiger charge is -2.37. The van der Waals surface area contributed by atoms with E-state index in [1.165, 1.54) is 15.9 Å². The number of carbonyl (C=O) groups excluding carboxylic acids is 2. The smallest absolute Gasteiger partial charge is 0.245 e. The highest BCUT2D eigenvalue weighted by molar-refractivity contribution is 5.89. The maximum atomic E-state index is 14.1. The molecule has 1 saturated carbocycles. The SMILES string of the molecule is CN(C)C(C(=O)N1CCN(C2CC2)C(=O)C1)c1c(F)cccc1F. The molecule has 1 aliphatic carbocycles. The van der Waals surface area contributed by atoms with Crippen LogP contribution < -0.4 is 0 Å². The van der Waals surface area contributed by atoms with Gasteiger partial charge < -0.3 is 9.80 Å². The van der Waals surface area contributed by atoms with Crippen molar-refractivity contribution in [2.45, 2.75) is 24.9 Å². The van der Waals surface area contributed by atoms with Crippen LogP contribution in [0.1, 0.15) is 24.4 Å².